The molecule has 1 unspecified atom stereocenters. The smallest absolute Gasteiger partial charge is 0.349 e. The Morgan fingerprint density at radius 1 is 1.31 bits per heavy atom. The summed E-state index contributed by atoms with van der Waals surface area (Å²) in [6.45, 7) is 0. The number of aliphatic hydroxyl groups is 3. The Kier molecular flexibility index (Phi) is 1.76. The summed E-state index contributed by atoms with van der Waals surface area (Å²) < 4.78 is 4.79. The molecule has 1 atom stereocenters. The molecule has 0 radical (unpaired) electrons. The van der Waals surface area contributed by atoms with Crippen LogP contribution in [0.15, 0.2) is 24.3 Å². The third-order valence-electron chi connectivity index (χ3n) is 2.08. The first kappa shape index (κ1) is 8.50. The van der Waals surface area contributed by atoms with Crippen LogP contribution in [-0.2, 0) is 6.42 Å². The van der Waals surface area contributed by atoms with Crippen LogP contribution < -0.4 is 4.74 Å². The molecule has 1 aromatic rings. The molecule has 4 heteroatoms. The number of ether oxygens (including phenoxy) is 1. The van der Waals surface area contributed by atoms with Crippen molar-refractivity contribution in [1.29, 1.82) is 0 Å². The van der Waals surface area contributed by atoms with Gasteiger partial charge < -0.3 is 20.1 Å². The van der Waals surface area contributed by atoms with Crippen molar-refractivity contribution in [2.45, 2.75) is 18.5 Å². The zero-order chi connectivity index (χ0) is 9.47. The number of para-hydroxylation sites is 1. The Hall–Kier alpha value is -1.10. The van der Waals surface area contributed by atoms with E-state index in [1.165, 1.54) is 0 Å². The maximum atomic E-state index is 9.26. The number of aliphatic hydroxyl groups excluding tert-OH is 1. The second-order valence-electron chi connectivity index (χ2n) is 3.09. The van der Waals surface area contributed by atoms with Gasteiger partial charge in [0.25, 0.3) is 0 Å². The molecule has 1 aromatic carbocycles. The maximum absolute atomic E-state index is 9.26. The Morgan fingerprint density at radius 3 is 2.77 bits per heavy atom. The highest BCUT2D eigenvalue weighted by Crippen LogP contribution is 2.30. The Balaban J connectivity index is 2.39. The van der Waals surface area contributed by atoms with Gasteiger partial charge in [0.1, 0.15) is 5.75 Å². The van der Waals surface area contributed by atoms with Crippen LogP contribution in [-0.4, -0.2) is 27.4 Å². The van der Waals surface area contributed by atoms with Crippen LogP contribution in [0.1, 0.15) is 5.56 Å². The van der Waals surface area contributed by atoms with Crippen molar-refractivity contribution in [3.05, 3.63) is 29.8 Å². The molecule has 4 nitrogen and oxygen atoms in total. The molecule has 1 heterocycles. The third-order valence-corrected chi connectivity index (χ3v) is 2.08. The highest BCUT2D eigenvalue weighted by Gasteiger charge is 2.40. The average Bonchev–Trinajstić information content (AvgIpc) is 2.06. The van der Waals surface area contributed by atoms with E-state index in [-0.39, 0.29) is 6.42 Å². The molecule has 0 saturated heterocycles. The molecule has 13 heavy (non-hydrogen) atoms. The van der Waals surface area contributed by atoms with Crippen molar-refractivity contribution in [2.24, 2.45) is 0 Å². The van der Waals surface area contributed by atoms with E-state index >= 15 is 0 Å². The molecule has 1 aliphatic rings. The normalized spacial score (nSPS) is 24.7. The first-order valence-corrected chi connectivity index (χ1v) is 3.99. The van der Waals surface area contributed by atoms with Crippen molar-refractivity contribution in [1.82, 2.24) is 0 Å². The first-order chi connectivity index (χ1) is 6.09. The van der Waals surface area contributed by atoms with Gasteiger partial charge in [-0.25, -0.2) is 0 Å². The van der Waals surface area contributed by atoms with Gasteiger partial charge >= 0.3 is 5.97 Å². The highest BCUT2D eigenvalue weighted by atomic mass is 16.8. The molecule has 1 aliphatic heterocycles. The molecule has 0 aliphatic carbocycles. The lowest BCUT2D eigenvalue weighted by Gasteiger charge is -2.32. The summed E-state index contributed by atoms with van der Waals surface area (Å²) >= 11 is 0. The molecule has 70 valence electrons. The molecule has 0 saturated carbocycles. The highest BCUT2D eigenvalue weighted by molar-refractivity contribution is 5.36. The molecule has 0 bridgehead atoms. The molecule has 0 aromatic heterocycles. The number of rotatable bonds is 0. The molecule has 0 spiro atoms. The van der Waals surface area contributed by atoms with Gasteiger partial charge in [-0.05, 0) is 11.6 Å². The minimum absolute atomic E-state index is 0.184. The molecule has 0 amide bonds. The number of hydrogen-bond donors (Lipinski definition) is 3. The minimum Gasteiger partial charge on any atom is -0.437 e. The largest absolute Gasteiger partial charge is 0.437 e. The monoisotopic (exact) mass is 182 g/mol. The molecular weight excluding hydrogens is 172 g/mol. The molecule has 0 fully saturated rings. The minimum atomic E-state index is -2.46. The van der Waals surface area contributed by atoms with Crippen LogP contribution >= 0.6 is 0 Å². The summed E-state index contributed by atoms with van der Waals surface area (Å²) in [5.74, 6) is -2.06. The van der Waals surface area contributed by atoms with Gasteiger partial charge in [0.05, 0.1) is 0 Å². The Labute approximate surface area is 75.0 Å². The van der Waals surface area contributed by atoms with E-state index in [9.17, 15) is 15.3 Å². The van der Waals surface area contributed by atoms with Crippen LogP contribution in [0.2, 0.25) is 0 Å². The van der Waals surface area contributed by atoms with Crippen LogP contribution in [0.25, 0.3) is 0 Å². The second-order valence-corrected chi connectivity index (χ2v) is 3.09. The maximum Gasteiger partial charge on any atom is 0.349 e. The second kappa shape index (κ2) is 2.70. The lowest BCUT2D eigenvalue weighted by molar-refractivity contribution is -0.342. The zero-order valence-electron chi connectivity index (χ0n) is 6.84. The fraction of sp³-hybridized carbons (Fsp3) is 0.333. The van der Waals surface area contributed by atoms with Crippen molar-refractivity contribution in [3.63, 3.8) is 0 Å². The first-order valence-electron chi connectivity index (χ1n) is 3.99. The number of benzene rings is 1. The van der Waals surface area contributed by atoms with Gasteiger partial charge in [0.2, 0.25) is 0 Å². The van der Waals surface area contributed by atoms with Gasteiger partial charge in [0, 0.05) is 6.42 Å². The average molecular weight is 182 g/mol. The summed E-state index contributed by atoms with van der Waals surface area (Å²) in [6.07, 6.45) is -1.12. The van der Waals surface area contributed by atoms with E-state index in [2.05, 4.69) is 0 Å². The summed E-state index contributed by atoms with van der Waals surface area (Å²) in [4.78, 5) is 0. The lowest BCUT2D eigenvalue weighted by Crippen LogP contribution is -2.51. The van der Waals surface area contributed by atoms with Gasteiger partial charge in [-0.2, -0.15) is 0 Å². The van der Waals surface area contributed by atoms with Gasteiger partial charge in [-0.3, -0.25) is 0 Å². The molecular formula is C9H10O4. The fourth-order valence-electron chi connectivity index (χ4n) is 1.34. The zero-order valence-corrected chi connectivity index (χ0v) is 6.84. The SMILES string of the molecule is OC1Cc2ccccc2OC1(O)O. The summed E-state index contributed by atoms with van der Waals surface area (Å²) in [7, 11) is 0. The fourth-order valence-corrected chi connectivity index (χ4v) is 1.34. The molecule has 3 N–H and O–H groups in total. The van der Waals surface area contributed by atoms with E-state index in [0.29, 0.717) is 5.75 Å². The molecule has 2 rings (SSSR count). The summed E-state index contributed by atoms with van der Waals surface area (Å²) in [6, 6.07) is 6.93. The van der Waals surface area contributed by atoms with Crippen molar-refractivity contribution in [2.75, 3.05) is 0 Å². The predicted molar refractivity (Wildman–Crippen MR) is 43.9 cm³/mol. The predicted octanol–water partition coefficient (Wildman–Crippen LogP) is -0.379. The van der Waals surface area contributed by atoms with Gasteiger partial charge in [-0.15, -0.1) is 0 Å². The van der Waals surface area contributed by atoms with E-state index in [1.807, 2.05) is 0 Å². The third kappa shape index (κ3) is 1.39. The van der Waals surface area contributed by atoms with Crippen molar-refractivity contribution in [3.8, 4) is 5.75 Å². The quantitative estimate of drug-likeness (QED) is 0.478. The van der Waals surface area contributed by atoms with E-state index in [1.54, 1.807) is 24.3 Å². The van der Waals surface area contributed by atoms with Crippen LogP contribution in [0.5, 0.6) is 5.75 Å². The van der Waals surface area contributed by atoms with E-state index in [4.69, 9.17) is 4.74 Å². The number of fused-ring (bicyclic) bond motifs is 1. The Morgan fingerprint density at radius 2 is 2.00 bits per heavy atom. The van der Waals surface area contributed by atoms with Crippen molar-refractivity contribution >= 4 is 0 Å². The lowest BCUT2D eigenvalue weighted by atomic mass is 10.0. The summed E-state index contributed by atoms with van der Waals surface area (Å²) in [5, 5.41) is 27.6. The van der Waals surface area contributed by atoms with Crippen LogP contribution in [0.3, 0.4) is 0 Å². The van der Waals surface area contributed by atoms with E-state index in [0.717, 1.165) is 5.56 Å². The van der Waals surface area contributed by atoms with Crippen LogP contribution in [0, 0.1) is 0 Å². The number of hydrogen-bond acceptors (Lipinski definition) is 4. The van der Waals surface area contributed by atoms with Crippen LogP contribution in [0.4, 0.5) is 0 Å². The van der Waals surface area contributed by atoms with Crippen molar-refractivity contribution < 1.29 is 20.1 Å². The van der Waals surface area contributed by atoms with Gasteiger partial charge in [-0.1, -0.05) is 18.2 Å². The topological polar surface area (TPSA) is 69.9 Å². The summed E-state index contributed by atoms with van der Waals surface area (Å²) in [5.41, 5.74) is 0.772. The standard InChI is InChI=1S/C9H10O4/c10-8-5-6-3-1-2-4-7(6)13-9(8,11)12/h1-4,8,10-12H,5H2. The van der Waals surface area contributed by atoms with Gasteiger partial charge in [0.15, 0.2) is 6.10 Å². The van der Waals surface area contributed by atoms with E-state index < -0.39 is 12.1 Å². The Bertz CT molecular complexity index is 321.